The molecule has 18 heavy (non-hydrogen) atoms. The molecule has 1 atom stereocenters. The zero-order chi connectivity index (χ0) is 13.2. The lowest BCUT2D eigenvalue weighted by Crippen LogP contribution is -2.55. The highest BCUT2D eigenvalue weighted by Crippen LogP contribution is 2.23. The Labute approximate surface area is 114 Å². The summed E-state index contributed by atoms with van der Waals surface area (Å²) in [5, 5.41) is 0. The number of ether oxygens (including phenoxy) is 1. The van der Waals surface area contributed by atoms with Gasteiger partial charge in [0.15, 0.2) is 0 Å². The third-order valence-corrected chi connectivity index (χ3v) is 6.16. The summed E-state index contributed by atoms with van der Waals surface area (Å²) < 4.78 is 33.5. The van der Waals surface area contributed by atoms with Crippen molar-refractivity contribution in [1.29, 1.82) is 0 Å². The maximum Gasteiger partial charge on any atom is 0.282 e. The number of piperidine rings is 1. The van der Waals surface area contributed by atoms with Crippen LogP contribution in [-0.2, 0) is 14.9 Å². The second-order valence-electron chi connectivity index (χ2n) is 5.08. The first-order chi connectivity index (χ1) is 8.55. The molecule has 0 aromatic rings. The SMILES string of the molecule is CC1CCN(S(=O)(=O)N2CCOCC2CCl)CC1. The van der Waals surface area contributed by atoms with Crippen molar-refractivity contribution in [3.63, 3.8) is 0 Å². The van der Waals surface area contributed by atoms with Crippen molar-refractivity contribution in [3.8, 4) is 0 Å². The van der Waals surface area contributed by atoms with Gasteiger partial charge in [-0.3, -0.25) is 0 Å². The lowest BCUT2D eigenvalue weighted by Gasteiger charge is -2.39. The zero-order valence-electron chi connectivity index (χ0n) is 10.7. The summed E-state index contributed by atoms with van der Waals surface area (Å²) in [7, 11) is -3.37. The second kappa shape index (κ2) is 6.05. The Hall–Kier alpha value is 0.120. The van der Waals surface area contributed by atoms with E-state index in [1.807, 2.05) is 0 Å². The molecule has 0 aromatic carbocycles. The normalized spacial score (nSPS) is 29.6. The van der Waals surface area contributed by atoms with Crippen LogP contribution in [0.3, 0.4) is 0 Å². The lowest BCUT2D eigenvalue weighted by atomic mass is 10.0. The molecule has 2 heterocycles. The average molecular weight is 297 g/mol. The van der Waals surface area contributed by atoms with Crippen LogP contribution < -0.4 is 0 Å². The van der Waals surface area contributed by atoms with Crippen LogP contribution in [0.2, 0.25) is 0 Å². The third-order valence-electron chi connectivity index (χ3n) is 3.72. The van der Waals surface area contributed by atoms with Gasteiger partial charge in [-0.2, -0.15) is 17.0 Å². The maximum atomic E-state index is 12.6. The van der Waals surface area contributed by atoms with Crippen LogP contribution >= 0.6 is 11.6 Å². The van der Waals surface area contributed by atoms with Gasteiger partial charge in [-0.1, -0.05) is 6.92 Å². The third kappa shape index (κ3) is 2.99. The summed E-state index contributed by atoms with van der Waals surface area (Å²) in [4.78, 5) is 0. The molecule has 0 amide bonds. The Morgan fingerprint density at radius 3 is 2.56 bits per heavy atom. The Kier molecular flexibility index (Phi) is 4.88. The van der Waals surface area contributed by atoms with Crippen molar-refractivity contribution < 1.29 is 13.2 Å². The molecular formula is C11H21ClN2O3S. The standard InChI is InChI=1S/C11H21ClN2O3S/c1-10-2-4-13(5-3-10)18(15,16)14-6-7-17-9-11(14)8-12/h10-11H,2-9H2,1H3. The van der Waals surface area contributed by atoms with Crippen LogP contribution in [0.4, 0.5) is 0 Å². The summed E-state index contributed by atoms with van der Waals surface area (Å²) in [6, 6.07) is -0.232. The minimum absolute atomic E-state index is 0.232. The van der Waals surface area contributed by atoms with Crippen LogP contribution in [0.15, 0.2) is 0 Å². The van der Waals surface area contributed by atoms with Gasteiger partial charge in [0.25, 0.3) is 10.2 Å². The zero-order valence-corrected chi connectivity index (χ0v) is 12.3. The van der Waals surface area contributed by atoms with E-state index in [4.69, 9.17) is 16.3 Å². The van der Waals surface area contributed by atoms with Gasteiger partial charge in [-0.05, 0) is 18.8 Å². The molecule has 2 fully saturated rings. The molecule has 2 rings (SSSR count). The summed E-state index contributed by atoms with van der Waals surface area (Å²) in [6.07, 6.45) is 1.88. The molecule has 0 N–H and O–H groups in total. The molecule has 0 aromatic heterocycles. The van der Waals surface area contributed by atoms with E-state index in [1.165, 1.54) is 4.31 Å². The molecule has 5 nitrogen and oxygen atoms in total. The van der Waals surface area contributed by atoms with Gasteiger partial charge in [0.2, 0.25) is 0 Å². The van der Waals surface area contributed by atoms with E-state index in [9.17, 15) is 8.42 Å². The number of alkyl halides is 1. The van der Waals surface area contributed by atoms with Gasteiger partial charge in [0.05, 0.1) is 19.3 Å². The van der Waals surface area contributed by atoms with Crippen molar-refractivity contribution in [2.45, 2.75) is 25.8 Å². The highest BCUT2D eigenvalue weighted by Gasteiger charge is 2.37. The number of halogens is 1. The molecule has 0 bridgehead atoms. The minimum Gasteiger partial charge on any atom is -0.378 e. The number of hydrogen-bond donors (Lipinski definition) is 0. The fraction of sp³-hybridized carbons (Fsp3) is 1.00. The predicted molar refractivity (Wildman–Crippen MR) is 70.9 cm³/mol. The quantitative estimate of drug-likeness (QED) is 0.727. The van der Waals surface area contributed by atoms with Crippen LogP contribution in [-0.4, -0.2) is 61.8 Å². The second-order valence-corrected chi connectivity index (χ2v) is 7.27. The van der Waals surface area contributed by atoms with Crippen LogP contribution in [0, 0.1) is 5.92 Å². The molecule has 0 radical (unpaired) electrons. The Morgan fingerprint density at radius 2 is 1.94 bits per heavy atom. The predicted octanol–water partition coefficient (Wildman–Crippen LogP) is 0.903. The van der Waals surface area contributed by atoms with Gasteiger partial charge in [-0.25, -0.2) is 0 Å². The first-order valence-corrected chi connectivity index (χ1v) is 8.39. The van der Waals surface area contributed by atoms with E-state index >= 15 is 0 Å². The van der Waals surface area contributed by atoms with E-state index < -0.39 is 10.2 Å². The lowest BCUT2D eigenvalue weighted by molar-refractivity contribution is 0.0369. The van der Waals surface area contributed by atoms with Gasteiger partial charge in [0.1, 0.15) is 0 Å². The maximum absolute atomic E-state index is 12.6. The number of morpholine rings is 1. The molecule has 0 spiro atoms. The Bertz CT molecular complexity index is 368. The van der Waals surface area contributed by atoms with Crippen molar-refractivity contribution >= 4 is 21.8 Å². The van der Waals surface area contributed by atoms with Crippen LogP contribution in [0.5, 0.6) is 0 Å². The highest BCUT2D eigenvalue weighted by molar-refractivity contribution is 7.86. The van der Waals surface area contributed by atoms with Gasteiger partial charge >= 0.3 is 0 Å². The van der Waals surface area contributed by atoms with Crippen LogP contribution in [0.25, 0.3) is 0 Å². The van der Waals surface area contributed by atoms with E-state index in [2.05, 4.69) is 6.92 Å². The van der Waals surface area contributed by atoms with Gasteiger partial charge in [0, 0.05) is 25.5 Å². The van der Waals surface area contributed by atoms with E-state index in [0.717, 1.165) is 12.8 Å². The van der Waals surface area contributed by atoms with Gasteiger partial charge in [-0.15, -0.1) is 11.6 Å². The van der Waals surface area contributed by atoms with E-state index in [0.29, 0.717) is 38.8 Å². The summed E-state index contributed by atoms with van der Waals surface area (Å²) in [5.74, 6) is 0.897. The largest absolute Gasteiger partial charge is 0.378 e. The first-order valence-electron chi connectivity index (χ1n) is 6.46. The number of hydrogen-bond acceptors (Lipinski definition) is 3. The van der Waals surface area contributed by atoms with Crippen molar-refractivity contribution in [1.82, 2.24) is 8.61 Å². The molecule has 106 valence electrons. The minimum atomic E-state index is -3.37. The summed E-state index contributed by atoms with van der Waals surface area (Å²) in [5.41, 5.74) is 0. The Balaban J connectivity index is 2.09. The monoisotopic (exact) mass is 296 g/mol. The van der Waals surface area contributed by atoms with E-state index in [1.54, 1.807) is 4.31 Å². The molecule has 0 aliphatic carbocycles. The molecule has 7 heteroatoms. The van der Waals surface area contributed by atoms with Crippen molar-refractivity contribution in [2.24, 2.45) is 5.92 Å². The summed E-state index contributed by atoms with van der Waals surface area (Å²) >= 11 is 5.84. The molecule has 2 saturated heterocycles. The molecule has 2 aliphatic heterocycles. The molecule has 0 saturated carbocycles. The number of nitrogens with zero attached hydrogens (tertiary/aromatic N) is 2. The fourth-order valence-electron chi connectivity index (χ4n) is 2.43. The van der Waals surface area contributed by atoms with Crippen molar-refractivity contribution in [3.05, 3.63) is 0 Å². The molecular weight excluding hydrogens is 276 g/mol. The average Bonchev–Trinajstić information content (AvgIpc) is 2.39. The van der Waals surface area contributed by atoms with Gasteiger partial charge < -0.3 is 4.74 Å². The fourth-order valence-corrected chi connectivity index (χ4v) is 4.55. The summed E-state index contributed by atoms with van der Waals surface area (Å²) in [6.45, 7) is 4.67. The highest BCUT2D eigenvalue weighted by atomic mass is 35.5. The first kappa shape index (κ1) is 14.5. The topological polar surface area (TPSA) is 49.9 Å². The van der Waals surface area contributed by atoms with Crippen LogP contribution in [0.1, 0.15) is 19.8 Å². The van der Waals surface area contributed by atoms with E-state index in [-0.39, 0.29) is 11.9 Å². The molecule has 1 unspecified atom stereocenters. The Morgan fingerprint density at radius 1 is 1.28 bits per heavy atom. The van der Waals surface area contributed by atoms with Crippen molar-refractivity contribution in [2.75, 3.05) is 38.7 Å². The molecule has 2 aliphatic rings. The number of rotatable bonds is 3. The smallest absolute Gasteiger partial charge is 0.282 e.